The number of nitrogens with one attached hydrogen (secondary N) is 1. The van der Waals surface area contributed by atoms with E-state index < -0.39 is 20.0 Å². The molecule has 0 unspecified atom stereocenters. The molecule has 1 N–H and O–H groups in total. The van der Waals surface area contributed by atoms with E-state index in [1.54, 1.807) is 12.1 Å². The lowest BCUT2D eigenvalue weighted by molar-refractivity contribution is 0.414. The molecular formula is C17H20N2O5S2. The highest BCUT2D eigenvalue weighted by atomic mass is 32.2. The van der Waals surface area contributed by atoms with Crippen molar-refractivity contribution in [3.8, 4) is 5.75 Å². The van der Waals surface area contributed by atoms with Gasteiger partial charge in [0, 0.05) is 13.1 Å². The molecule has 0 aromatic heterocycles. The number of nitrogens with zero attached hydrogens (tertiary/aromatic N) is 1. The van der Waals surface area contributed by atoms with Crippen LogP contribution in [0.25, 0.3) is 0 Å². The number of anilines is 1. The van der Waals surface area contributed by atoms with Gasteiger partial charge in [0.25, 0.3) is 10.0 Å². The molecule has 1 saturated heterocycles. The van der Waals surface area contributed by atoms with Crippen LogP contribution >= 0.6 is 0 Å². The second kappa shape index (κ2) is 7.26. The van der Waals surface area contributed by atoms with E-state index >= 15 is 0 Å². The number of methoxy groups -OCH3 is 1. The van der Waals surface area contributed by atoms with Crippen molar-refractivity contribution in [1.29, 1.82) is 0 Å². The van der Waals surface area contributed by atoms with E-state index in [2.05, 4.69) is 4.72 Å². The van der Waals surface area contributed by atoms with Crippen molar-refractivity contribution >= 4 is 25.7 Å². The van der Waals surface area contributed by atoms with E-state index in [0.717, 1.165) is 12.8 Å². The summed E-state index contributed by atoms with van der Waals surface area (Å²) in [5.74, 6) is 0.544. The van der Waals surface area contributed by atoms with E-state index in [4.69, 9.17) is 4.74 Å². The Morgan fingerprint density at radius 3 is 2.19 bits per heavy atom. The molecule has 1 fully saturated rings. The van der Waals surface area contributed by atoms with Crippen LogP contribution in [0, 0.1) is 0 Å². The topological polar surface area (TPSA) is 92.8 Å². The lowest BCUT2D eigenvalue weighted by Crippen LogP contribution is -2.27. The molecule has 0 bridgehead atoms. The number of rotatable bonds is 6. The van der Waals surface area contributed by atoms with Crippen LogP contribution in [0.2, 0.25) is 0 Å². The third-order valence-corrected chi connectivity index (χ3v) is 7.45. The van der Waals surface area contributed by atoms with Gasteiger partial charge in [-0.2, -0.15) is 4.31 Å². The Morgan fingerprint density at radius 2 is 1.58 bits per heavy atom. The van der Waals surface area contributed by atoms with Crippen LogP contribution in [0.5, 0.6) is 5.75 Å². The van der Waals surface area contributed by atoms with Crippen LogP contribution in [0.15, 0.2) is 58.3 Å². The smallest absolute Gasteiger partial charge is 0.261 e. The fourth-order valence-corrected chi connectivity index (χ4v) is 5.38. The maximum atomic E-state index is 12.6. The zero-order valence-corrected chi connectivity index (χ0v) is 15.9. The molecule has 0 atom stereocenters. The highest BCUT2D eigenvalue weighted by Crippen LogP contribution is 2.25. The first kappa shape index (κ1) is 18.7. The van der Waals surface area contributed by atoms with Crippen molar-refractivity contribution in [2.45, 2.75) is 22.6 Å². The summed E-state index contributed by atoms with van der Waals surface area (Å²) >= 11 is 0. The maximum Gasteiger partial charge on any atom is 0.261 e. The monoisotopic (exact) mass is 396 g/mol. The lowest BCUT2D eigenvalue weighted by Gasteiger charge is -2.16. The van der Waals surface area contributed by atoms with Gasteiger partial charge in [-0.25, -0.2) is 16.8 Å². The molecule has 0 spiro atoms. The van der Waals surface area contributed by atoms with Crippen LogP contribution in [-0.4, -0.2) is 41.3 Å². The number of hydrogen-bond donors (Lipinski definition) is 1. The van der Waals surface area contributed by atoms with Gasteiger partial charge >= 0.3 is 0 Å². The van der Waals surface area contributed by atoms with Gasteiger partial charge < -0.3 is 4.74 Å². The van der Waals surface area contributed by atoms with Gasteiger partial charge in [0.15, 0.2) is 0 Å². The van der Waals surface area contributed by atoms with Gasteiger partial charge in [0.05, 0.1) is 22.6 Å². The van der Waals surface area contributed by atoms with Gasteiger partial charge in [0.1, 0.15) is 5.75 Å². The van der Waals surface area contributed by atoms with E-state index in [1.165, 1.54) is 47.8 Å². The third-order valence-electron chi connectivity index (χ3n) is 4.16. The SMILES string of the molecule is COc1ccc(S(=O)(=O)Nc2cccc(S(=O)(=O)N3CCCC3)c2)cc1. The van der Waals surface area contributed by atoms with Crippen LogP contribution in [0.4, 0.5) is 5.69 Å². The fraction of sp³-hybridized carbons (Fsp3) is 0.294. The second-order valence-corrected chi connectivity index (χ2v) is 9.54. The molecule has 1 heterocycles. The zero-order valence-electron chi connectivity index (χ0n) is 14.3. The molecule has 1 aliphatic rings. The predicted octanol–water partition coefficient (Wildman–Crippen LogP) is 2.28. The molecule has 7 nitrogen and oxygen atoms in total. The number of ether oxygens (including phenoxy) is 1. The van der Waals surface area contributed by atoms with Crippen molar-refractivity contribution in [3.05, 3.63) is 48.5 Å². The molecule has 9 heteroatoms. The molecule has 26 heavy (non-hydrogen) atoms. The minimum Gasteiger partial charge on any atom is -0.497 e. The van der Waals surface area contributed by atoms with E-state index in [0.29, 0.717) is 18.8 Å². The first-order valence-electron chi connectivity index (χ1n) is 8.10. The van der Waals surface area contributed by atoms with E-state index in [9.17, 15) is 16.8 Å². The Hall–Kier alpha value is -2.10. The second-order valence-electron chi connectivity index (χ2n) is 5.92. The van der Waals surface area contributed by atoms with E-state index in [1.807, 2.05) is 0 Å². The molecule has 0 radical (unpaired) electrons. The minimum atomic E-state index is -3.83. The summed E-state index contributed by atoms with van der Waals surface area (Å²) in [5, 5.41) is 0. The molecule has 2 aromatic rings. The summed E-state index contributed by atoms with van der Waals surface area (Å²) in [6.45, 7) is 0.980. The molecule has 3 rings (SSSR count). The summed E-state index contributed by atoms with van der Waals surface area (Å²) in [6, 6.07) is 11.8. The Balaban J connectivity index is 1.86. The molecule has 0 aliphatic carbocycles. The Labute approximate surface area is 153 Å². The van der Waals surface area contributed by atoms with Crippen molar-refractivity contribution in [2.75, 3.05) is 24.9 Å². The Kier molecular flexibility index (Phi) is 5.22. The summed E-state index contributed by atoms with van der Waals surface area (Å²) in [4.78, 5) is 0.139. The van der Waals surface area contributed by atoms with Crippen molar-refractivity contribution in [3.63, 3.8) is 0 Å². The Bertz CT molecular complexity index is 980. The van der Waals surface area contributed by atoms with Crippen LogP contribution < -0.4 is 9.46 Å². The molecule has 2 aromatic carbocycles. The zero-order chi connectivity index (χ0) is 18.8. The van der Waals surface area contributed by atoms with Crippen molar-refractivity contribution < 1.29 is 21.6 Å². The quantitative estimate of drug-likeness (QED) is 0.809. The normalized spacial score (nSPS) is 15.7. The lowest BCUT2D eigenvalue weighted by atomic mass is 10.3. The van der Waals surface area contributed by atoms with Gasteiger partial charge in [-0.05, 0) is 55.3 Å². The standard InChI is InChI=1S/C17H20N2O5S2/c1-24-15-7-9-16(10-8-15)25(20,21)18-14-5-4-6-17(13-14)26(22,23)19-11-2-3-12-19/h4-10,13,18H,2-3,11-12H2,1H3. The summed E-state index contributed by atoms with van der Waals surface area (Å²) < 4.78 is 59.1. The number of sulfonamides is 2. The number of hydrogen-bond acceptors (Lipinski definition) is 5. The highest BCUT2D eigenvalue weighted by molar-refractivity contribution is 7.92. The Morgan fingerprint density at radius 1 is 0.923 bits per heavy atom. The van der Waals surface area contributed by atoms with Gasteiger partial charge in [-0.1, -0.05) is 6.07 Å². The predicted molar refractivity (Wildman–Crippen MR) is 98.2 cm³/mol. The average Bonchev–Trinajstić information content (AvgIpc) is 3.17. The minimum absolute atomic E-state index is 0.0612. The van der Waals surface area contributed by atoms with Crippen molar-refractivity contribution in [2.24, 2.45) is 0 Å². The molecule has 0 amide bonds. The van der Waals surface area contributed by atoms with Crippen LogP contribution in [-0.2, 0) is 20.0 Å². The number of benzene rings is 2. The summed E-state index contributed by atoms with van der Waals surface area (Å²) in [6.07, 6.45) is 1.67. The first-order valence-corrected chi connectivity index (χ1v) is 11.0. The van der Waals surface area contributed by atoms with Gasteiger partial charge in [0.2, 0.25) is 10.0 Å². The summed E-state index contributed by atoms with van der Waals surface area (Å²) in [7, 11) is -5.95. The first-order chi connectivity index (χ1) is 12.3. The maximum absolute atomic E-state index is 12.6. The van der Waals surface area contributed by atoms with Crippen LogP contribution in [0.3, 0.4) is 0 Å². The highest BCUT2D eigenvalue weighted by Gasteiger charge is 2.27. The molecular weight excluding hydrogens is 376 g/mol. The van der Waals surface area contributed by atoms with Gasteiger partial charge in [-0.15, -0.1) is 0 Å². The molecule has 140 valence electrons. The average molecular weight is 396 g/mol. The third kappa shape index (κ3) is 3.84. The molecule has 1 aliphatic heterocycles. The van der Waals surface area contributed by atoms with E-state index in [-0.39, 0.29) is 15.5 Å². The summed E-state index contributed by atoms with van der Waals surface area (Å²) in [5.41, 5.74) is 0.195. The fourth-order valence-electron chi connectivity index (χ4n) is 2.77. The van der Waals surface area contributed by atoms with Crippen molar-refractivity contribution in [1.82, 2.24) is 4.31 Å². The van der Waals surface area contributed by atoms with Crippen LogP contribution in [0.1, 0.15) is 12.8 Å². The largest absolute Gasteiger partial charge is 0.497 e. The van der Waals surface area contributed by atoms with Gasteiger partial charge in [-0.3, -0.25) is 4.72 Å². The molecule has 0 saturated carbocycles.